The lowest BCUT2D eigenvalue weighted by molar-refractivity contribution is -0.385. The van der Waals surface area contributed by atoms with Crippen molar-refractivity contribution in [1.82, 2.24) is 0 Å². The van der Waals surface area contributed by atoms with E-state index in [1.807, 2.05) is 0 Å². The standard InChI is InChI=1S/C13H16BrNO4/c14-11-5-4-10(15(17)18)8-12(11)19-9-13(16)6-2-1-3-7-13/h4-5,8,16H,1-3,6-7,9H2. The van der Waals surface area contributed by atoms with E-state index in [0.717, 1.165) is 32.1 Å². The van der Waals surface area contributed by atoms with Crippen molar-refractivity contribution < 1.29 is 14.8 Å². The highest BCUT2D eigenvalue weighted by Gasteiger charge is 2.30. The first-order valence-corrected chi connectivity index (χ1v) is 7.09. The van der Waals surface area contributed by atoms with Gasteiger partial charge in [0.1, 0.15) is 12.4 Å². The van der Waals surface area contributed by atoms with Crippen molar-refractivity contribution in [3.8, 4) is 5.75 Å². The largest absolute Gasteiger partial charge is 0.489 e. The molecule has 2 rings (SSSR count). The second kappa shape index (κ2) is 5.88. The molecule has 5 nitrogen and oxygen atoms in total. The van der Waals surface area contributed by atoms with Crippen molar-refractivity contribution in [2.75, 3.05) is 6.61 Å². The highest BCUT2D eigenvalue weighted by atomic mass is 79.9. The Morgan fingerprint density at radius 2 is 2.05 bits per heavy atom. The molecule has 0 saturated heterocycles. The Morgan fingerprint density at radius 1 is 1.37 bits per heavy atom. The molecule has 6 heteroatoms. The van der Waals surface area contributed by atoms with Crippen molar-refractivity contribution in [2.24, 2.45) is 0 Å². The van der Waals surface area contributed by atoms with Crippen LogP contribution in [0.25, 0.3) is 0 Å². The van der Waals surface area contributed by atoms with E-state index in [9.17, 15) is 15.2 Å². The number of nitro benzene ring substituents is 1. The molecule has 0 radical (unpaired) electrons. The smallest absolute Gasteiger partial charge is 0.273 e. The molecule has 19 heavy (non-hydrogen) atoms. The first-order chi connectivity index (χ1) is 9.00. The molecule has 1 aromatic carbocycles. The van der Waals surface area contributed by atoms with Crippen molar-refractivity contribution in [1.29, 1.82) is 0 Å². The van der Waals surface area contributed by atoms with Gasteiger partial charge in [-0.3, -0.25) is 10.1 Å². The van der Waals surface area contributed by atoms with Gasteiger partial charge in [-0.05, 0) is 34.8 Å². The van der Waals surface area contributed by atoms with Crippen LogP contribution in [-0.4, -0.2) is 22.2 Å². The van der Waals surface area contributed by atoms with Crippen LogP contribution >= 0.6 is 15.9 Å². The lowest BCUT2D eigenvalue weighted by atomic mass is 9.85. The highest BCUT2D eigenvalue weighted by molar-refractivity contribution is 9.10. The Kier molecular flexibility index (Phi) is 4.42. The molecule has 104 valence electrons. The molecule has 0 amide bonds. The van der Waals surface area contributed by atoms with Crippen molar-refractivity contribution >= 4 is 21.6 Å². The Balaban J connectivity index is 2.06. The third kappa shape index (κ3) is 3.67. The zero-order chi connectivity index (χ0) is 13.9. The first-order valence-electron chi connectivity index (χ1n) is 6.29. The van der Waals surface area contributed by atoms with Gasteiger partial charge >= 0.3 is 0 Å². The summed E-state index contributed by atoms with van der Waals surface area (Å²) in [5.41, 5.74) is -0.823. The number of nitro groups is 1. The van der Waals surface area contributed by atoms with E-state index in [-0.39, 0.29) is 12.3 Å². The minimum absolute atomic E-state index is 0.0196. The van der Waals surface area contributed by atoms with Gasteiger partial charge in [-0.15, -0.1) is 0 Å². The molecule has 0 spiro atoms. The molecule has 0 heterocycles. The molecule has 0 aliphatic heterocycles. The molecule has 0 atom stereocenters. The van der Waals surface area contributed by atoms with Crippen molar-refractivity contribution in [2.45, 2.75) is 37.7 Å². The van der Waals surface area contributed by atoms with E-state index in [1.54, 1.807) is 6.07 Å². The Hall–Kier alpha value is -1.14. The van der Waals surface area contributed by atoms with Gasteiger partial charge in [0.05, 0.1) is 21.1 Å². The molecule has 1 saturated carbocycles. The molecule has 1 aromatic rings. The third-order valence-electron chi connectivity index (χ3n) is 3.41. The normalized spacial score (nSPS) is 18.0. The molecule has 0 bridgehead atoms. The van der Waals surface area contributed by atoms with Crippen LogP contribution in [-0.2, 0) is 0 Å². The maximum Gasteiger partial charge on any atom is 0.273 e. The molecule has 0 unspecified atom stereocenters. The lowest BCUT2D eigenvalue weighted by Gasteiger charge is -2.31. The number of rotatable bonds is 4. The molecule has 1 N–H and O–H groups in total. The fraction of sp³-hybridized carbons (Fsp3) is 0.538. The number of benzene rings is 1. The molecular weight excluding hydrogens is 314 g/mol. The molecule has 0 aromatic heterocycles. The second-order valence-electron chi connectivity index (χ2n) is 4.95. The van der Waals surface area contributed by atoms with Crippen LogP contribution in [0.3, 0.4) is 0 Å². The van der Waals surface area contributed by atoms with Gasteiger partial charge in [0, 0.05) is 6.07 Å². The van der Waals surface area contributed by atoms with Gasteiger partial charge in [0.15, 0.2) is 0 Å². The van der Waals surface area contributed by atoms with Crippen LogP contribution in [0.1, 0.15) is 32.1 Å². The maximum atomic E-state index is 10.7. The third-order valence-corrected chi connectivity index (χ3v) is 4.06. The fourth-order valence-electron chi connectivity index (χ4n) is 2.28. The summed E-state index contributed by atoms with van der Waals surface area (Å²) in [5, 5.41) is 21.0. The molecular formula is C13H16BrNO4. The highest BCUT2D eigenvalue weighted by Crippen LogP contribution is 2.32. The number of hydrogen-bond acceptors (Lipinski definition) is 4. The first kappa shape index (κ1) is 14.3. The number of nitrogens with zero attached hydrogens (tertiary/aromatic N) is 1. The summed E-state index contributed by atoms with van der Waals surface area (Å²) >= 11 is 3.29. The van der Waals surface area contributed by atoms with Crippen molar-refractivity contribution in [3.63, 3.8) is 0 Å². The quantitative estimate of drug-likeness (QED) is 0.678. The fourth-order valence-corrected chi connectivity index (χ4v) is 2.64. The monoisotopic (exact) mass is 329 g/mol. The Morgan fingerprint density at radius 3 is 2.68 bits per heavy atom. The Labute approximate surface area is 119 Å². The molecule has 1 aliphatic carbocycles. The number of aliphatic hydroxyl groups is 1. The van der Waals surface area contributed by atoms with Crippen LogP contribution in [0, 0.1) is 10.1 Å². The van der Waals surface area contributed by atoms with E-state index in [2.05, 4.69) is 15.9 Å². The van der Waals surface area contributed by atoms with Gasteiger partial charge < -0.3 is 9.84 Å². The van der Waals surface area contributed by atoms with E-state index in [4.69, 9.17) is 4.74 Å². The zero-order valence-corrected chi connectivity index (χ0v) is 12.1. The minimum atomic E-state index is -0.803. The lowest BCUT2D eigenvalue weighted by Crippen LogP contribution is -2.37. The topological polar surface area (TPSA) is 72.6 Å². The molecule has 1 aliphatic rings. The van der Waals surface area contributed by atoms with Crippen LogP contribution in [0.5, 0.6) is 5.75 Å². The maximum absolute atomic E-state index is 10.7. The summed E-state index contributed by atoms with van der Waals surface area (Å²) in [6, 6.07) is 4.36. The number of hydrogen-bond donors (Lipinski definition) is 1. The minimum Gasteiger partial charge on any atom is -0.489 e. The Bertz CT molecular complexity index is 472. The van der Waals surface area contributed by atoms with Gasteiger partial charge in [0.25, 0.3) is 5.69 Å². The SMILES string of the molecule is O=[N+]([O-])c1ccc(Br)c(OCC2(O)CCCCC2)c1. The van der Waals surface area contributed by atoms with Gasteiger partial charge in [-0.1, -0.05) is 19.3 Å². The average Bonchev–Trinajstić information content (AvgIpc) is 2.38. The van der Waals surface area contributed by atoms with E-state index in [1.165, 1.54) is 12.1 Å². The number of ether oxygens (including phenoxy) is 1. The van der Waals surface area contributed by atoms with E-state index in [0.29, 0.717) is 10.2 Å². The van der Waals surface area contributed by atoms with Crippen LogP contribution < -0.4 is 4.74 Å². The van der Waals surface area contributed by atoms with Gasteiger partial charge in [-0.2, -0.15) is 0 Å². The van der Waals surface area contributed by atoms with Gasteiger partial charge in [-0.25, -0.2) is 0 Å². The van der Waals surface area contributed by atoms with E-state index >= 15 is 0 Å². The molecule has 1 fully saturated rings. The van der Waals surface area contributed by atoms with Crippen molar-refractivity contribution in [3.05, 3.63) is 32.8 Å². The zero-order valence-electron chi connectivity index (χ0n) is 10.5. The summed E-state index contributed by atoms with van der Waals surface area (Å²) in [4.78, 5) is 10.3. The van der Waals surface area contributed by atoms with Gasteiger partial charge in [0.2, 0.25) is 0 Å². The number of non-ortho nitro benzene ring substituents is 1. The summed E-state index contributed by atoms with van der Waals surface area (Å²) in [6.45, 7) is 0.173. The van der Waals surface area contributed by atoms with E-state index < -0.39 is 10.5 Å². The average molecular weight is 330 g/mol. The predicted octanol–water partition coefficient (Wildman–Crippen LogP) is 3.43. The van der Waals surface area contributed by atoms with Crippen LogP contribution in [0.15, 0.2) is 22.7 Å². The summed E-state index contributed by atoms with van der Waals surface area (Å²) in [6.07, 6.45) is 4.58. The predicted molar refractivity (Wildman–Crippen MR) is 74.3 cm³/mol. The summed E-state index contributed by atoms with van der Waals surface area (Å²) in [7, 11) is 0. The summed E-state index contributed by atoms with van der Waals surface area (Å²) < 4.78 is 6.22. The summed E-state index contributed by atoms with van der Waals surface area (Å²) in [5.74, 6) is 0.396. The number of halogens is 1. The van der Waals surface area contributed by atoms with Crippen LogP contribution in [0.2, 0.25) is 0 Å². The van der Waals surface area contributed by atoms with Crippen LogP contribution in [0.4, 0.5) is 5.69 Å². The second-order valence-corrected chi connectivity index (χ2v) is 5.80.